The summed E-state index contributed by atoms with van der Waals surface area (Å²) in [5.41, 5.74) is 0.920. The number of nitriles is 1. The third-order valence-corrected chi connectivity index (χ3v) is 20.2. The molecule has 116 valence electrons. The molecule has 3 heteroatoms. The first kappa shape index (κ1) is 18.5. The Kier molecular flexibility index (Phi) is 8.99. The minimum atomic E-state index is -2.48. The van der Waals surface area contributed by atoms with Crippen LogP contribution in [-0.2, 0) is 0 Å². The van der Waals surface area contributed by atoms with E-state index in [1.165, 1.54) is 55.4 Å². The quantitative estimate of drug-likeness (QED) is 0.524. The van der Waals surface area contributed by atoms with Crippen LogP contribution in [0.4, 0.5) is 0 Å². The van der Waals surface area contributed by atoms with Crippen LogP contribution in [0.3, 0.4) is 0 Å². The Morgan fingerprint density at radius 2 is 1.52 bits per heavy atom. The van der Waals surface area contributed by atoms with Gasteiger partial charge in [-0.15, -0.1) is 0 Å². The number of aromatic nitrogens is 1. The Bertz CT molecular complexity index is 429. The third-order valence-electron chi connectivity index (χ3n) is 4.54. The van der Waals surface area contributed by atoms with Crippen LogP contribution in [0.5, 0.6) is 0 Å². The first-order chi connectivity index (χ1) is 10.2. The molecule has 1 aromatic heterocycles. The average molecular weight is 393 g/mol. The summed E-state index contributed by atoms with van der Waals surface area (Å²) in [6, 6.07) is 4.38. The normalized spacial score (nSPS) is 11.3. The molecular formula is C18H30N2Sn. The van der Waals surface area contributed by atoms with E-state index in [2.05, 4.69) is 38.0 Å². The van der Waals surface area contributed by atoms with Gasteiger partial charge < -0.3 is 0 Å². The van der Waals surface area contributed by atoms with E-state index in [0.717, 1.165) is 5.56 Å². The number of hydrogen-bond acceptors (Lipinski definition) is 2. The van der Waals surface area contributed by atoms with Crippen molar-refractivity contribution in [2.45, 2.75) is 72.6 Å². The second-order valence-electron chi connectivity index (χ2n) is 6.12. The molecule has 1 aromatic rings. The first-order valence-electron chi connectivity index (χ1n) is 8.58. The van der Waals surface area contributed by atoms with Crippen molar-refractivity contribution in [2.75, 3.05) is 0 Å². The van der Waals surface area contributed by atoms with Crippen molar-refractivity contribution >= 4 is 22.0 Å². The van der Waals surface area contributed by atoms with Crippen LogP contribution in [-0.4, -0.2) is 23.4 Å². The van der Waals surface area contributed by atoms with Crippen molar-refractivity contribution in [3.8, 4) is 6.07 Å². The molecule has 1 heterocycles. The zero-order valence-electron chi connectivity index (χ0n) is 14.0. The molecule has 21 heavy (non-hydrogen) atoms. The second kappa shape index (κ2) is 10.2. The summed E-state index contributed by atoms with van der Waals surface area (Å²) in [5.74, 6) is 0. The number of rotatable bonds is 10. The van der Waals surface area contributed by atoms with Crippen LogP contribution in [0.1, 0.15) is 64.9 Å². The molecular weight excluding hydrogens is 363 g/mol. The molecule has 2 nitrogen and oxygen atoms in total. The van der Waals surface area contributed by atoms with Crippen molar-refractivity contribution in [2.24, 2.45) is 0 Å². The van der Waals surface area contributed by atoms with Crippen LogP contribution >= 0.6 is 0 Å². The van der Waals surface area contributed by atoms with Crippen molar-refractivity contribution < 1.29 is 0 Å². The number of unbranched alkanes of at least 4 members (excludes halogenated alkanes) is 3. The predicted molar refractivity (Wildman–Crippen MR) is 93.5 cm³/mol. The number of pyridine rings is 1. The third kappa shape index (κ3) is 5.29. The molecule has 0 aromatic carbocycles. The molecule has 0 aliphatic carbocycles. The molecule has 1 rings (SSSR count). The molecule has 0 aliphatic heterocycles. The molecule has 0 radical (unpaired) electrons. The van der Waals surface area contributed by atoms with E-state index in [4.69, 9.17) is 0 Å². The number of nitrogens with zero attached hydrogens (tertiary/aromatic N) is 2. The topological polar surface area (TPSA) is 36.7 Å². The van der Waals surface area contributed by atoms with Gasteiger partial charge in [0.15, 0.2) is 0 Å². The molecule has 0 spiro atoms. The summed E-state index contributed by atoms with van der Waals surface area (Å²) < 4.78 is 5.59. The van der Waals surface area contributed by atoms with Gasteiger partial charge in [-0.2, -0.15) is 0 Å². The van der Waals surface area contributed by atoms with Crippen LogP contribution in [0.15, 0.2) is 18.5 Å². The van der Waals surface area contributed by atoms with E-state index < -0.39 is 18.4 Å². The van der Waals surface area contributed by atoms with Crippen LogP contribution in [0.25, 0.3) is 0 Å². The van der Waals surface area contributed by atoms with Crippen LogP contribution in [0.2, 0.25) is 13.3 Å². The summed E-state index contributed by atoms with van der Waals surface area (Å²) in [6.07, 6.45) is 11.6. The molecule has 0 unspecified atom stereocenters. The monoisotopic (exact) mass is 394 g/mol. The van der Waals surface area contributed by atoms with Gasteiger partial charge >= 0.3 is 135 Å². The fourth-order valence-corrected chi connectivity index (χ4v) is 19.5. The summed E-state index contributed by atoms with van der Waals surface area (Å²) in [7, 11) is 0. The van der Waals surface area contributed by atoms with Gasteiger partial charge in [-0.05, 0) is 0 Å². The molecule has 0 saturated carbocycles. The molecule has 0 fully saturated rings. The van der Waals surface area contributed by atoms with Crippen molar-refractivity contribution in [1.29, 1.82) is 5.26 Å². The van der Waals surface area contributed by atoms with Gasteiger partial charge in [0, 0.05) is 0 Å². The fourth-order valence-electron chi connectivity index (χ4n) is 3.24. The zero-order chi connectivity index (χ0) is 15.6. The predicted octanol–water partition coefficient (Wildman–Crippen LogP) is 5.01. The maximum absolute atomic E-state index is 9.51. The maximum atomic E-state index is 9.51. The van der Waals surface area contributed by atoms with E-state index in [1.807, 2.05) is 6.07 Å². The SMILES string of the molecule is CCC[CH2][Sn]([CH2]CCC)([CH2]CCC)[c]1cnccc1C#N. The minimum absolute atomic E-state index is 0.920. The van der Waals surface area contributed by atoms with Gasteiger partial charge in [0.2, 0.25) is 0 Å². The molecule has 0 aliphatic rings. The second-order valence-corrected chi connectivity index (χ2v) is 19.3. The Morgan fingerprint density at radius 3 is 1.95 bits per heavy atom. The Hall–Kier alpha value is -0.561. The van der Waals surface area contributed by atoms with Crippen molar-refractivity contribution in [3.05, 3.63) is 24.0 Å². The van der Waals surface area contributed by atoms with Gasteiger partial charge in [0.05, 0.1) is 0 Å². The summed E-state index contributed by atoms with van der Waals surface area (Å²) in [4.78, 5) is 4.38. The Balaban J connectivity index is 3.20. The zero-order valence-corrected chi connectivity index (χ0v) is 16.8. The van der Waals surface area contributed by atoms with Gasteiger partial charge in [-0.25, -0.2) is 0 Å². The van der Waals surface area contributed by atoms with E-state index in [-0.39, 0.29) is 0 Å². The molecule has 0 saturated heterocycles. The molecule has 0 atom stereocenters. The Morgan fingerprint density at radius 1 is 1.00 bits per heavy atom. The molecule has 0 N–H and O–H groups in total. The summed E-state index contributed by atoms with van der Waals surface area (Å²) >= 11 is -2.48. The van der Waals surface area contributed by atoms with E-state index in [9.17, 15) is 5.26 Å². The van der Waals surface area contributed by atoms with Crippen LogP contribution in [0, 0.1) is 11.3 Å². The number of hydrogen-bond donors (Lipinski definition) is 0. The first-order valence-corrected chi connectivity index (χ1v) is 16.1. The molecule has 0 amide bonds. The van der Waals surface area contributed by atoms with Gasteiger partial charge in [0.25, 0.3) is 0 Å². The van der Waals surface area contributed by atoms with Gasteiger partial charge in [-0.1, -0.05) is 0 Å². The summed E-state index contributed by atoms with van der Waals surface area (Å²) in [6.45, 7) is 6.85. The molecule has 0 bridgehead atoms. The van der Waals surface area contributed by atoms with Crippen molar-refractivity contribution in [1.82, 2.24) is 4.98 Å². The van der Waals surface area contributed by atoms with E-state index in [1.54, 1.807) is 6.20 Å². The van der Waals surface area contributed by atoms with Crippen molar-refractivity contribution in [3.63, 3.8) is 0 Å². The fraction of sp³-hybridized carbons (Fsp3) is 0.667. The van der Waals surface area contributed by atoms with E-state index >= 15 is 0 Å². The summed E-state index contributed by atoms with van der Waals surface area (Å²) in [5, 5.41) is 9.51. The van der Waals surface area contributed by atoms with Crippen LogP contribution < -0.4 is 3.58 Å². The average Bonchev–Trinajstić information content (AvgIpc) is 2.54. The van der Waals surface area contributed by atoms with Gasteiger partial charge in [0.1, 0.15) is 0 Å². The Labute approximate surface area is 134 Å². The van der Waals surface area contributed by atoms with Gasteiger partial charge in [-0.3, -0.25) is 0 Å². The van der Waals surface area contributed by atoms with E-state index in [0.29, 0.717) is 0 Å². The standard InChI is InChI=1S/C6H3N2.3C4H9.Sn/c7-5-6-1-3-8-4-2-6;3*1-3-4-2;/h1,3-4H;3*1,3-4H2,2H3;.